The molecule has 1 aromatic heterocycles. The SMILES string of the molecule is CCCOc1ccc(C2c3c(oc4ccc(C)cc4c3=O)C(=O)N2CCCO)cc1OCC. The molecule has 174 valence electrons. The lowest BCUT2D eigenvalue weighted by Gasteiger charge is -2.25. The second-order valence-electron chi connectivity index (χ2n) is 8.14. The summed E-state index contributed by atoms with van der Waals surface area (Å²) in [5, 5.41) is 9.85. The molecule has 0 fully saturated rings. The number of amides is 1. The predicted octanol–water partition coefficient (Wildman–Crippen LogP) is 4.22. The van der Waals surface area contributed by atoms with E-state index < -0.39 is 6.04 Å². The van der Waals surface area contributed by atoms with Crippen molar-refractivity contribution in [3.8, 4) is 11.5 Å². The van der Waals surface area contributed by atoms with Gasteiger partial charge < -0.3 is 23.9 Å². The minimum atomic E-state index is -0.639. The molecule has 7 heteroatoms. The zero-order valence-corrected chi connectivity index (χ0v) is 19.2. The van der Waals surface area contributed by atoms with Gasteiger partial charge in [-0.1, -0.05) is 24.6 Å². The van der Waals surface area contributed by atoms with Crippen molar-refractivity contribution in [2.24, 2.45) is 0 Å². The maximum Gasteiger partial charge on any atom is 0.290 e. The van der Waals surface area contributed by atoms with Crippen LogP contribution in [-0.2, 0) is 0 Å². The molecule has 1 unspecified atom stereocenters. The van der Waals surface area contributed by atoms with E-state index in [0.29, 0.717) is 47.7 Å². The van der Waals surface area contributed by atoms with Crippen LogP contribution in [0.2, 0.25) is 0 Å². The van der Waals surface area contributed by atoms with E-state index in [1.54, 1.807) is 17.0 Å². The van der Waals surface area contributed by atoms with Gasteiger partial charge in [0.05, 0.1) is 30.2 Å². The second-order valence-corrected chi connectivity index (χ2v) is 8.14. The molecule has 0 saturated carbocycles. The average molecular weight is 452 g/mol. The van der Waals surface area contributed by atoms with Crippen LogP contribution in [0.5, 0.6) is 11.5 Å². The Morgan fingerprint density at radius 2 is 1.88 bits per heavy atom. The number of carbonyl (C=O) groups is 1. The molecule has 0 bridgehead atoms. The van der Waals surface area contributed by atoms with E-state index in [1.807, 2.05) is 45.0 Å². The molecule has 0 saturated heterocycles. The van der Waals surface area contributed by atoms with Gasteiger partial charge in [0.1, 0.15) is 5.58 Å². The Morgan fingerprint density at radius 1 is 1.06 bits per heavy atom. The largest absolute Gasteiger partial charge is 0.490 e. The third kappa shape index (κ3) is 4.20. The molecule has 0 radical (unpaired) electrons. The molecule has 2 heterocycles. The smallest absolute Gasteiger partial charge is 0.290 e. The first kappa shape index (κ1) is 22.9. The summed E-state index contributed by atoms with van der Waals surface area (Å²) in [6.07, 6.45) is 1.25. The average Bonchev–Trinajstić information content (AvgIpc) is 3.09. The van der Waals surface area contributed by atoms with E-state index >= 15 is 0 Å². The van der Waals surface area contributed by atoms with Gasteiger partial charge in [-0.2, -0.15) is 0 Å². The fourth-order valence-electron chi connectivity index (χ4n) is 4.25. The normalized spacial score (nSPS) is 15.2. The zero-order chi connectivity index (χ0) is 23.5. The van der Waals surface area contributed by atoms with Gasteiger partial charge in [-0.3, -0.25) is 9.59 Å². The number of aliphatic hydroxyl groups excluding tert-OH is 1. The number of benzene rings is 2. The van der Waals surface area contributed by atoms with Crippen LogP contribution in [0.4, 0.5) is 0 Å². The Labute approximate surface area is 192 Å². The van der Waals surface area contributed by atoms with E-state index in [-0.39, 0.29) is 30.2 Å². The molecule has 0 aliphatic carbocycles. The highest BCUT2D eigenvalue weighted by atomic mass is 16.5. The molecule has 1 amide bonds. The molecular formula is C26H29NO6. The molecule has 7 nitrogen and oxygen atoms in total. The highest BCUT2D eigenvalue weighted by Crippen LogP contribution is 2.41. The van der Waals surface area contributed by atoms with Crippen molar-refractivity contribution in [3.05, 3.63) is 69.1 Å². The number of rotatable bonds is 9. The van der Waals surface area contributed by atoms with E-state index in [0.717, 1.165) is 17.5 Å². The molecule has 1 atom stereocenters. The van der Waals surface area contributed by atoms with Gasteiger partial charge in [-0.05, 0) is 56.5 Å². The third-order valence-corrected chi connectivity index (χ3v) is 5.72. The van der Waals surface area contributed by atoms with Crippen LogP contribution >= 0.6 is 0 Å². The summed E-state index contributed by atoms with van der Waals surface area (Å²) in [5.74, 6) is 0.887. The predicted molar refractivity (Wildman–Crippen MR) is 125 cm³/mol. The van der Waals surface area contributed by atoms with Crippen LogP contribution in [0.25, 0.3) is 11.0 Å². The fraction of sp³-hybridized carbons (Fsp3) is 0.385. The van der Waals surface area contributed by atoms with E-state index in [1.165, 1.54) is 0 Å². The molecular weight excluding hydrogens is 422 g/mol. The van der Waals surface area contributed by atoms with E-state index in [9.17, 15) is 14.7 Å². The first-order valence-corrected chi connectivity index (χ1v) is 11.4. The molecule has 4 rings (SSSR count). The Hall–Kier alpha value is -3.32. The Kier molecular flexibility index (Phi) is 6.70. The van der Waals surface area contributed by atoms with Crippen molar-refractivity contribution in [3.63, 3.8) is 0 Å². The van der Waals surface area contributed by atoms with Gasteiger partial charge in [-0.25, -0.2) is 0 Å². The monoisotopic (exact) mass is 451 g/mol. The first-order chi connectivity index (χ1) is 16.0. The molecule has 1 aliphatic rings. The second kappa shape index (κ2) is 9.67. The van der Waals surface area contributed by atoms with Crippen molar-refractivity contribution in [1.29, 1.82) is 0 Å². The highest BCUT2D eigenvalue weighted by Gasteiger charge is 2.42. The Morgan fingerprint density at radius 3 is 2.61 bits per heavy atom. The minimum absolute atomic E-state index is 0.0589. The lowest BCUT2D eigenvalue weighted by atomic mass is 9.97. The van der Waals surface area contributed by atoms with Gasteiger partial charge in [0, 0.05) is 13.2 Å². The van der Waals surface area contributed by atoms with Crippen LogP contribution in [0.3, 0.4) is 0 Å². The number of nitrogens with zero attached hydrogens (tertiary/aromatic N) is 1. The van der Waals surface area contributed by atoms with Gasteiger partial charge >= 0.3 is 0 Å². The summed E-state index contributed by atoms with van der Waals surface area (Å²) < 4.78 is 17.6. The van der Waals surface area contributed by atoms with E-state index in [2.05, 4.69) is 0 Å². The molecule has 1 aliphatic heterocycles. The number of aryl methyl sites for hydroxylation is 1. The van der Waals surface area contributed by atoms with Crippen molar-refractivity contribution in [1.82, 2.24) is 4.90 Å². The summed E-state index contributed by atoms with van der Waals surface area (Å²) in [6, 6.07) is 10.2. The Balaban J connectivity index is 1.90. The maximum atomic E-state index is 13.6. The fourth-order valence-corrected chi connectivity index (χ4v) is 4.25. The number of carbonyl (C=O) groups excluding carboxylic acids is 1. The topological polar surface area (TPSA) is 89.2 Å². The number of fused-ring (bicyclic) bond motifs is 2. The van der Waals surface area contributed by atoms with Gasteiger partial charge in [0.25, 0.3) is 5.91 Å². The van der Waals surface area contributed by atoms with Gasteiger partial charge in [-0.15, -0.1) is 0 Å². The van der Waals surface area contributed by atoms with Crippen molar-refractivity contribution in [2.45, 2.75) is 39.7 Å². The number of ether oxygens (including phenoxy) is 2. The van der Waals surface area contributed by atoms with Crippen LogP contribution in [-0.4, -0.2) is 42.3 Å². The van der Waals surface area contributed by atoms with Crippen LogP contribution in [0.15, 0.2) is 45.6 Å². The number of aliphatic hydroxyl groups is 1. The van der Waals surface area contributed by atoms with Crippen molar-refractivity contribution in [2.75, 3.05) is 26.4 Å². The van der Waals surface area contributed by atoms with E-state index in [4.69, 9.17) is 13.9 Å². The Bertz CT molecular complexity index is 1230. The van der Waals surface area contributed by atoms with Gasteiger partial charge in [0.15, 0.2) is 16.9 Å². The third-order valence-electron chi connectivity index (χ3n) is 5.72. The number of hydrogen-bond acceptors (Lipinski definition) is 6. The maximum absolute atomic E-state index is 13.6. The van der Waals surface area contributed by atoms with Crippen LogP contribution in [0.1, 0.15) is 60.0 Å². The molecule has 0 spiro atoms. The van der Waals surface area contributed by atoms with Crippen molar-refractivity contribution >= 4 is 16.9 Å². The standard InChI is InChI=1S/C26H29NO6/c1-4-13-32-20-10-8-17(15-21(20)31-5-2)23-22-24(29)18-14-16(3)7-9-19(18)33-25(22)26(30)27(23)11-6-12-28/h7-10,14-15,23,28H,4-6,11-13H2,1-3H3. The highest BCUT2D eigenvalue weighted by molar-refractivity contribution is 5.99. The first-order valence-electron chi connectivity index (χ1n) is 11.4. The van der Waals surface area contributed by atoms with Crippen LogP contribution < -0.4 is 14.9 Å². The summed E-state index contributed by atoms with van der Waals surface area (Å²) in [5.41, 5.74) is 2.15. The lowest BCUT2D eigenvalue weighted by molar-refractivity contribution is 0.0716. The zero-order valence-electron chi connectivity index (χ0n) is 19.2. The minimum Gasteiger partial charge on any atom is -0.490 e. The quantitative estimate of drug-likeness (QED) is 0.524. The summed E-state index contributed by atoms with van der Waals surface area (Å²) in [6.45, 7) is 7.06. The molecule has 1 N–H and O–H groups in total. The molecule has 33 heavy (non-hydrogen) atoms. The van der Waals surface area contributed by atoms with Crippen molar-refractivity contribution < 1.29 is 23.8 Å². The summed E-state index contributed by atoms with van der Waals surface area (Å²) in [7, 11) is 0. The summed E-state index contributed by atoms with van der Waals surface area (Å²) >= 11 is 0. The molecule has 3 aromatic rings. The summed E-state index contributed by atoms with van der Waals surface area (Å²) in [4.78, 5) is 28.5. The lowest BCUT2D eigenvalue weighted by Crippen LogP contribution is -2.31. The number of hydrogen-bond donors (Lipinski definition) is 1. The van der Waals surface area contributed by atoms with Crippen LogP contribution in [0, 0.1) is 6.92 Å². The molecule has 2 aromatic carbocycles. The van der Waals surface area contributed by atoms with Gasteiger partial charge in [0.2, 0.25) is 5.76 Å².